The van der Waals surface area contributed by atoms with E-state index in [1.165, 1.54) is 12.1 Å². The number of nitrogens with one attached hydrogen (secondary N) is 2. The summed E-state index contributed by atoms with van der Waals surface area (Å²) < 4.78 is 50.0. The minimum absolute atomic E-state index is 0.0835. The molecule has 0 spiro atoms. The summed E-state index contributed by atoms with van der Waals surface area (Å²) in [4.78, 5) is 25.3. The standard InChI is InChI=1S/C28H19F3N4O3/c29-28(30,31)19-5-2-4-18(13-19)27(36)33-20-6-1-3-16(11-20)12-24-34-21-9-10-32-26(21)25(35-24)17-7-8-22-23(14-17)38-15-37-22/h1-11,13-14,32H,12,15H2,(H,33,36). The number of halogens is 3. The summed E-state index contributed by atoms with van der Waals surface area (Å²) in [5.74, 6) is 1.25. The minimum Gasteiger partial charge on any atom is -0.454 e. The Morgan fingerprint density at radius 1 is 0.947 bits per heavy atom. The summed E-state index contributed by atoms with van der Waals surface area (Å²) in [7, 11) is 0. The van der Waals surface area contributed by atoms with Gasteiger partial charge in [-0.1, -0.05) is 18.2 Å². The van der Waals surface area contributed by atoms with Gasteiger partial charge in [-0.25, -0.2) is 9.97 Å². The Morgan fingerprint density at radius 2 is 1.79 bits per heavy atom. The van der Waals surface area contributed by atoms with Crippen LogP contribution in [0.4, 0.5) is 18.9 Å². The molecule has 1 amide bonds. The van der Waals surface area contributed by atoms with E-state index in [0.29, 0.717) is 35.1 Å². The van der Waals surface area contributed by atoms with Gasteiger partial charge in [-0.05, 0) is 60.2 Å². The Labute approximate surface area is 214 Å². The quantitative estimate of drug-likeness (QED) is 0.290. The van der Waals surface area contributed by atoms with Crippen LogP contribution >= 0.6 is 0 Å². The molecule has 5 aromatic rings. The highest BCUT2D eigenvalue weighted by atomic mass is 19.4. The van der Waals surface area contributed by atoms with Crippen LogP contribution in [0.1, 0.15) is 27.3 Å². The van der Waals surface area contributed by atoms with E-state index in [9.17, 15) is 18.0 Å². The van der Waals surface area contributed by atoms with Crippen molar-refractivity contribution >= 4 is 22.6 Å². The number of nitrogens with zero attached hydrogens (tertiary/aromatic N) is 2. The zero-order valence-electron chi connectivity index (χ0n) is 19.7. The summed E-state index contributed by atoms with van der Waals surface area (Å²) >= 11 is 0. The normalized spacial score (nSPS) is 12.6. The SMILES string of the molecule is O=C(Nc1cccc(Cc2nc(-c3ccc4c(c3)OCO4)c3[nH]ccc3n2)c1)c1cccc(C(F)(F)F)c1. The van der Waals surface area contributed by atoms with Crippen LogP contribution in [0, 0.1) is 0 Å². The van der Waals surface area contributed by atoms with Crippen molar-refractivity contribution in [1.29, 1.82) is 0 Å². The molecule has 2 aromatic heterocycles. The van der Waals surface area contributed by atoms with Crippen LogP contribution in [0.25, 0.3) is 22.3 Å². The number of rotatable bonds is 5. The molecule has 0 fully saturated rings. The molecular formula is C28H19F3N4O3. The second kappa shape index (κ2) is 9.22. The molecule has 38 heavy (non-hydrogen) atoms. The predicted octanol–water partition coefficient (Wildman–Crippen LogP) is 6.22. The van der Waals surface area contributed by atoms with E-state index in [1.807, 2.05) is 30.3 Å². The Balaban J connectivity index is 1.26. The van der Waals surface area contributed by atoms with Crippen molar-refractivity contribution in [2.24, 2.45) is 0 Å². The van der Waals surface area contributed by atoms with Crippen molar-refractivity contribution in [3.05, 3.63) is 102 Å². The number of carbonyl (C=O) groups is 1. The Bertz CT molecular complexity index is 1680. The van der Waals surface area contributed by atoms with Crippen molar-refractivity contribution in [3.8, 4) is 22.8 Å². The summed E-state index contributed by atoms with van der Waals surface area (Å²) in [5.41, 5.74) is 3.39. The Kier molecular flexibility index (Phi) is 5.71. The molecule has 190 valence electrons. The van der Waals surface area contributed by atoms with Crippen molar-refractivity contribution in [2.75, 3.05) is 12.1 Å². The molecule has 0 atom stereocenters. The highest BCUT2D eigenvalue weighted by Crippen LogP contribution is 2.37. The van der Waals surface area contributed by atoms with Crippen molar-refractivity contribution in [2.45, 2.75) is 12.6 Å². The molecule has 1 aliphatic heterocycles. The van der Waals surface area contributed by atoms with Gasteiger partial charge < -0.3 is 19.8 Å². The fourth-order valence-electron chi connectivity index (χ4n) is 4.31. The molecule has 2 N–H and O–H groups in total. The topological polar surface area (TPSA) is 89.1 Å². The van der Waals surface area contributed by atoms with E-state index in [-0.39, 0.29) is 12.4 Å². The van der Waals surface area contributed by atoms with Crippen LogP contribution in [-0.2, 0) is 12.6 Å². The molecule has 3 heterocycles. The number of carbonyl (C=O) groups excluding carboxylic acids is 1. The van der Waals surface area contributed by atoms with Crippen LogP contribution in [0.3, 0.4) is 0 Å². The average molecular weight is 516 g/mol. The number of ether oxygens (including phenoxy) is 2. The van der Waals surface area contributed by atoms with Gasteiger partial charge in [0.25, 0.3) is 5.91 Å². The van der Waals surface area contributed by atoms with Gasteiger partial charge in [0.15, 0.2) is 11.5 Å². The lowest BCUT2D eigenvalue weighted by Gasteiger charge is -2.11. The van der Waals surface area contributed by atoms with Gasteiger partial charge in [-0.2, -0.15) is 13.2 Å². The first-order valence-electron chi connectivity index (χ1n) is 11.6. The predicted molar refractivity (Wildman–Crippen MR) is 134 cm³/mol. The lowest BCUT2D eigenvalue weighted by molar-refractivity contribution is -0.137. The first-order chi connectivity index (χ1) is 18.3. The molecule has 0 aliphatic carbocycles. The van der Waals surface area contributed by atoms with Crippen LogP contribution in [0.15, 0.2) is 79.0 Å². The van der Waals surface area contributed by atoms with E-state index in [1.54, 1.807) is 24.4 Å². The first kappa shape index (κ1) is 23.5. The average Bonchev–Trinajstić information content (AvgIpc) is 3.57. The van der Waals surface area contributed by atoms with Crippen LogP contribution in [-0.4, -0.2) is 27.7 Å². The number of anilines is 1. The second-order valence-electron chi connectivity index (χ2n) is 8.70. The van der Waals surface area contributed by atoms with Crippen LogP contribution in [0.2, 0.25) is 0 Å². The van der Waals surface area contributed by atoms with E-state index >= 15 is 0 Å². The largest absolute Gasteiger partial charge is 0.454 e. The molecule has 1 aliphatic rings. The van der Waals surface area contributed by atoms with Crippen LogP contribution in [0.5, 0.6) is 11.5 Å². The third kappa shape index (κ3) is 4.63. The monoisotopic (exact) mass is 516 g/mol. The van der Waals surface area contributed by atoms with Gasteiger partial charge in [-0.15, -0.1) is 0 Å². The highest BCUT2D eigenvalue weighted by Gasteiger charge is 2.31. The third-order valence-electron chi connectivity index (χ3n) is 6.10. The number of hydrogen-bond acceptors (Lipinski definition) is 5. The Hall–Kier alpha value is -4.86. The number of aromatic nitrogens is 3. The zero-order chi connectivity index (χ0) is 26.3. The lowest BCUT2D eigenvalue weighted by atomic mass is 10.1. The molecule has 0 saturated carbocycles. The maximum atomic E-state index is 13.0. The van der Waals surface area contributed by atoms with E-state index < -0.39 is 17.6 Å². The van der Waals surface area contributed by atoms with Gasteiger partial charge >= 0.3 is 6.18 Å². The van der Waals surface area contributed by atoms with E-state index in [2.05, 4.69) is 15.3 Å². The molecule has 10 heteroatoms. The number of H-pyrrole nitrogens is 1. The number of amides is 1. The minimum atomic E-state index is -4.53. The summed E-state index contributed by atoms with van der Waals surface area (Å²) in [5, 5.41) is 2.67. The van der Waals surface area contributed by atoms with E-state index in [0.717, 1.165) is 34.3 Å². The molecule has 0 bridgehead atoms. The summed E-state index contributed by atoms with van der Waals surface area (Å²) in [6, 6.07) is 18.8. The maximum absolute atomic E-state index is 13.0. The summed E-state index contributed by atoms with van der Waals surface area (Å²) in [6.45, 7) is 0.173. The molecule has 0 saturated heterocycles. The molecule has 0 unspecified atom stereocenters. The summed E-state index contributed by atoms with van der Waals surface area (Å²) in [6.07, 6.45) is -2.37. The second-order valence-corrected chi connectivity index (χ2v) is 8.70. The fourth-order valence-corrected chi connectivity index (χ4v) is 4.31. The number of benzene rings is 3. The number of fused-ring (bicyclic) bond motifs is 2. The number of hydrogen-bond donors (Lipinski definition) is 2. The van der Waals surface area contributed by atoms with E-state index in [4.69, 9.17) is 14.5 Å². The van der Waals surface area contributed by atoms with Gasteiger partial charge in [-0.3, -0.25) is 4.79 Å². The molecule has 3 aromatic carbocycles. The number of alkyl halides is 3. The fraction of sp³-hybridized carbons (Fsp3) is 0.107. The Morgan fingerprint density at radius 3 is 2.66 bits per heavy atom. The van der Waals surface area contributed by atoms with Crippen molar-refractivity contribution < 1.29 is 27.4 Å². The third-order valence-corrected chi connectivity index (χ3v) is 6.10. The smallest absolute Gasteiger partial charge is 0.416 e. The molecule has 0 radical (unpaired) electrons. The molecular weight excluding hydrogens is 497 g/mol. The maximum Gasteiger partial charge on any atom is 0.416 e. The van der Waals surface area contributed by atoms with Crippen molar-refractivity contribution in [1.82, 2.24) is 15.0 Å². The lowest BCUT2D eigenvalue weighted by Crippen LogP contribution is -2.14. The van der Waals surface area contributed by atoms with Gasteiger partial charge in [0.2, 0.25) is 6.79 Å². The zero-order valence-corrected chi connectivity index (χ0v) is 19.7. The van der Waals surface area contributed by atoms with Gasteiger partial charge in [0, 0.05) is 29.4 Å². The van der Waals surface area contributed by atoms with Gasteiger partial charge in [0.1, 0.15) is 5.82 Å². The van der Waals surface area contributed by atoms with Crippen molar-refractivity contribution in [3.63, 3.8) is 0 Å². The first-order valence-corrected chi connectivity index (χ1v) is 11.6. The molecule has 7 nitrogen and oxygen atoms in total. The van der Waals surface area contributed by atoms with Crippen LogP contribution < -0.4 is 14.8 Å². The molecule has 6 rings (SSSR count). The highest BCUT2D eigenvalue weighted by molar-refractivity contribution is 6.04. The number of aromatic amines is 1. The van der Waals surface area contributed by atoms with Gasteiger partial charge in [0.05, 0.1) is 22.3 Å².